The van der Waals surface area contributed by atoms with Gasteiger partial charge in [0, 0.05) is 30.1 Å². The Hall–Kier alpha value is -2.14. The van der Waals surface area contributed by atoms with Crippen LogP contribution in [0.25, 0.3) is 16.6 Å². The first-order valence-electron chi connectivity index (χ1n) is 7.30. The predicted molar refractivity (Wildman–Crippen MR) is 82.9 cm³/mol. The van der Waals surface area contributed by atoms with Gasteiger partial charge in [0.15, 0.2) is 0 Å². The number of likely N-dealkylation sites (N-methyl/N-ethyl adjacent to an activating group) is 1. The summed E-state index contributed by atoms with van der Waals surface area (Å²) < 4.78 is 0. The summed E-state index contributed by atoms with van der Waals surface area (Å²) in [6.45, 7) is 2.09. The van der Waals surface area contributed by atoms with Gasteiger partial charge in [0.1, 0.15) is 11.5 Å². The molecule has 108 valence electrons. The normalized spacial score (nSPS) is 20.5. The van der Waals surface area contributed by atoms with E-state index in [1.54, 1.807) is 0 Å². The molecule has 1 aliphatic carbocycles. The van der Waals surface area contributed by atoms with Gasteiger partial charge in [-0.25, -0.2) is 4.98 Å². The lowest BCUT2D eigenvalue weighted by Gasteiger charge is -2.31. The van der Waals surface area contributed by atoms with Gasteiger partial charge in [-0.15, -0.1) is 0 Å². The monoisotopic (exact) mass is 282 g/mol. The molecule has 1 aliphatic heterocycles. The number of carbonyl (C=O) groups is 1. The highest BCUT2D eigenvalue weighted by Crippen LogP contribution is 2.58. The van der Waals surface area contributed by atoms with Crippen molar-refractivity contribution in [1.82, 2.24) is 14.9 Å². The molecule has 0 atom stereocenters. The van der Waals surface area contributed by atoms with E-state index in [0.29, 0.717) is 17.6 Å². The summed E-state index contributed by atoms with van der Waals surface area (Å²) >= 11 is 0. The van der Waals surface area contributed by atoms with Crippen molar-refractivity contribution in [3.05, 3.63) is 30.0 Å². The molecule has 0 aromatic carbocycles. The van der Waals surface area contributed by atoms with Crippen molar-refractivity contribution < 1.29 is 4.79 Å². The molecule has 2 aromatic rings. The van der Waals surface area contributed by atoms with E-state index in [4.69, 9.17) is 0 Å². The van der Waals surface area contributed by atoms with Crippen LogP contribution < -0.4 is 5.32 Å². The maximum Gasteiger partial charge on any atom is 0.212 e. The Morgan fingerprint density at radius 1 is 1.48 bits per heavy atom. The number of pyridine rings is 1. The standard InChI is InChI=1S/C16H18N4O/c1-20-7-3-13(16(9-20)4-5-16)12-8-14(18-10-21)19-15-11(12)2-6-17-15/h2-3,6,8,10H,4-5,7,9H2,1H3,(H2,17,18,19,21). The number of aromatic amines is 1. The predicted octanol–water partition coefficient (Wildman–Crippen LogP) is 2.24. The first-order chi connectivity index (χ1) is 10.2. The number of fused-ring (bicyclic) bond motifs is 1. The molecule has 1 fully saturated rings. The molecular weight excluding hydrogens is 264 g/mol. The molecule has 21 heavy (non-hydrogen) atoms. The van der Waals surface area contributed by atoms with Crippen molar-refractivity contribution in [2.24, 2.45) is 5.41 Å². The number of hydrogen-bond donors (Lipinski definition) is 2. The van der Waals surface area contributed by atoms with Gasteiger partial charge in [-0.05, 0) is 43.2 Å². The maximum atomic E-state index is 10.7. The molecule has 2 N–H and O–H groups in total. The van der Waals surface area contributed by atoms with Gasteiger partial charge in [-0.2, -0.15) is 0 Å². The van der Waals surface area contributed by atoms with E-state index in [2.05, 4.69) is 39.4 Å². The minimum absolute atomic E-state index is 0.303. The van der Waals surface area contributed by atoms with Crippen LogP contribution >= 0.6 is 0 Å². The SMILES string of the molecule is CN1CC=C(c2cc(NC=O)nc3[nH]ccc23)C2(CC2)C1. The smallest absolute Gasteiger partial charge is 0.212 e. The first-order valence-corrected chi connectivity index (χ1v) is 7.30. The zero-order valence-corrected chi connectivity index (χ0v) is 12.0. The molecule has 4 rings (SSSR count). The van der Waals surface area contributed by atoms with Crippen LogP contribution in [-0.2, 0) is 4.79 Å². The molecule has 1 spiro atoms. The molecule has 0 unspecified atom stereocenters. The molecule has 0 saturated heterocycles. The van der Waals surface area contributed by atoms with E-state index in [9.17, 15) is 4.79 Å². The van der Waals surface area contributed by atoms with Crippen LogP contribution in [-0.4, -0.2) is 41.4 Å². The minimum Gasteiger partial charge on any atom is -0.346 e. The molecular formula is C16H18N4O. The molecule has 5 heteroatoms. The second-order valence-corrected chi connectivity index (χ2v) is 6.15. The van der Waals surface area contributed by atoms with Gasteiger partial charge < -0.3 is 15.2 Å². The molecule has 2 aromatic heterocycles. The fourth-order valence-corrected chi connectivity index (χ4v) is 3.50. The van der Waals surface area contributed by atoms with Gasteiger partial charge in [-0.1, -0.05) is 6.08 Å². The summed E-state index contributed by atoms with van der Waals surface area (Å²) in [6.07, 6.45) is 7.41. The summed E-state index contributed by atoms with van der Waals surface area (Å²) in [6, 6.07) is 4.07. The van der Waals surface area contributed by atoms with Crippen molar-refractivity contribution in [2.45, 2.75) is 12.8 Å². The van der Waals surface area contributed by atoms with E-state index in [1.807, 2.05) is 12.3 Å². The topological polar surface area (TPSA) is 61.0 Å². The third-order valence-electron chi connectivity index (χ3n) is 4.63. The number of nitrogens with zero attached hydrogens (tertiary/aromatic N) is 2. The van der Waals surface area contributed by atoms with Crippen LogP contribution in [0.5, 0.6) is 0 Å². The van der Waals surface area contributed by atoms with E-state index in [-0.39, 0.29) is 0 Å². The number of nitrogens with one attached hydrogen (secondary N) is 2. The molecule has 0 radical (unpaired) electrons. The molecule has 1 saturated carbocycles. The average Bonchev–Trinajstić information content (AvgIpc) is 3.04. The summed E-state index contributed by atoms with van der Waals surface area (Å²) in [5.41, 5.74) is 3.75. The molecule has 5 nitrogen and oxygen atoms in total. The highest BCUT2D eigenvalue weighted by molar-refractivity contribution is 5.94. The number of aromatic nitrogens is 2. The summed E-state index contributed by atoms with van der Waals surface area (Å²) in [5, 5.41) is 3.81. The number of H-pyrrole nitrogens is 1. The van der Waals surface area contributed by atoms with Crippen LogP contribution in [0.4, 0.5) is 5.82 Å². The van der Waals surface area contributed by atoms with Gasteiger partial charge in [0.05, 0.1) is 0 Å². The fourth-order valence-electron chi connectivity index (χ4n) is 3.50. The average molecular weight is 282 g/mol. The second kappa shape index (κ2) is 4.43. The van der Waals surface area contributed by atoms with Crippen molar-refractivity contribution in [3.8, 4) is 0 Å². The largest absolute Gasteiger partial charge is 0.346 e. The van der Waals surface area contributed by atoms with E-state index in [0.717, 1.165) is 24.1 Å². The van der Waals surface area contributed by atoms with Crippen molar-refractivity contribution in [1.29, 1.82) is 0 Å². The zero-order chi connectivity index (χ0) is 14.4. The van der Waals surface area contributed by atoms with Crippen molar-refractivity contribution in [2.75, 3.05) is 25.5 Å². The number of rotatable bonds is 3. The van der Waals surface area contributed by atoms with Crippen LogP contribution in [0.15, 0.2) is 24.4 Å². The third-order valence-corrected chi connectivity index (χ3v) is 4.63. The highest BCUT2D eigenvalue weighted by Gasteiger charge is 2.48. The Kier molecular flexibility index (Phi) is 2.65. The minimum atomic E-state index is 0.303. The van der Waals surface area contributed by atoms with Crippen LogP contribution in [0.2, 0.25) is 0 Å². The first kappa shape index (κ1) is 12.6. The second-order valence-electron chi connectivity index (χ2n) is 6.15. The van der Waals surface area contributed by atoms with Gasteiger partial charge in [0.2, 0.25) is 6.41 Å². The zero-order valence-electron chi connectivity index (χ0n) is 12.0. The lowest BCUT2D eigenvalue weighted by molar-refractivity contribution is -0.105. The molecule has 2 aliphatic rings. The lowest BCUT2D eigenvalue weighted by Crippen LogP contribution is -2.32. The Morgan fingerprint density at radius 2 is 2.33 bits per heavy atom. The highest BCUT2D eigenvalue weighted by atomic mass is 16.1. The molecule has 0 bridgehead atoms. The van der Waals surface area contributed by atoms with E-state index in [1.165, 1.54) is 24.0 Å². The third kappa shape index (κ3) is 1.96. The lowest BCUT2D eigenvalue weighted by atomic mass is 9.85. The number of carbonyl (C=O) groups excluding carboxylic acids is 1. The number of hydrogen-bond acceptors (Lipinski definition) is 3. The van der Waals surface area contributed by atoms with Gasteiger partial charge in [-0.3, -0.25) is 4.79 Å². The van der Waals surface area contributed by atoms with Crippen LogP contribution in [0.3, 0.4) is 0 Å². The van der Waals surface area contributed by atoms with Crippen LogP contribution in [0, 0.1) is 5.41 Å². The number of amides is 1. The molecule has 1 amide bonds. The fraction of sp³-hybridized carbons (Fsp3) is 0.375. The van der Waals surface area contributed by atoms with Crippen LogP contribution in [0.1, 0.15) is 18.4 Å². The quantitative estimate of drug-likeness (QED) is 0.849. The van der Waals surface area contributed by atoms with Gasteiger partial charge in [0.25, 0.3) is 0 Å². The van der Waals surface area contributed by atoms with Crippen molar-refractivity contribution in [3.63, 3.8) is 0 Å². The Balaban J connectivity index is 1.89. The van der Waals surface area contributed by atoms with E-state index >= 15 is 0 Å². The van der Waals surface area contributed by atoms with E-state index < -0.39 is 0 Å². The van der Waals surface area contributed by atoms with Gasteiger partial charge >= 0.3 is 0 Å². The number of anilines is 1. The molecule has 3 heterocycles. The Bertz CT molecular complexity index is 742. The Morgan fingerprint density at radius 3 is 3.10 bits per heavy atom. The maximum absolute atomic E-state index is 10.7. The summed E-state index contributed by atoms with van der Waals surface area (Å²) in [7, 11) is 2.17. The summed E-state index contributed by atoms with van der Waals surface area (Å²) in [4.78, 5) is 20.7. The Labute approximate surface area is 123 Å². The van der Waals surface area contributed by atoms with Crippen molar-refractivity contribution >= 4 is 28.8 Å². The summed E-state index contributed by atoms with van der Waals surface area (Å²) in [5.74, 6) is 0.602.